The lowest BCUT2D eigenvalue weighted by molar-refractivity contribution is 0.0500. The lowest BCUT2D eigenvalue weighted by atomic mass is 9.96. The number of ether oxygens (including phenoxy) is 2. The molecule has 0 fully saturated rings. The monoisotopic (exact) mass is 511 g/mol. The third-order valence-electron chi connectivity index (χ3n) is 6.95. The number of hydrogen-bond acceptors (Lipinski definition) is 3. The second-order valence-corrected chi connectivity index (χ2v) is 11.5. The first-order valence-electron chi connectivity index (χ1n) is 13.0. The molecular weight excluding hydrogens is 473 g/mol. The quantitative estimate of drug-likeness (QED) is 0.143. The van der Waals surface area contributed by atoms with Crippen molar-refractivity contribution in [3.8, 4) is 5.75 Å². The Bertz CT molecular complexity index is 1220. The van der Waals surface area contributed by atoms with Crippen LogP contribution in [0, 0.1) is 6.92 Å². The first-order chi connectivity index (χ1) is 18.0. The summed E-state index contributed by atoms with van der Waals surface area (Å²) in [7, 11) is 2.24. The molecule has 4 rings (SSSR count). The molecule has 4 aromatic rings. The summed E-state index contributed by atoms with van der Waals surface area (Å²) in [6.45, 7) is 8.86. The Morgan fingerprint density at radius 3 is 1.95 bits per heavy atom. The van der Waals surface area contributed by atoms with E-state index in [0.717, 1.165) is 25.3 Å². The highest BCUT2D eigenvalue weighted by Gasteiger charge is 2.30. The van der Waals surface area contributed by atoms with Gasteiger partial charge in [0.1, 0.15) is 5.75 Å². The maximum Gasteiger partial charge on any atom is 0.188 e. The Balaban J connectivity index is 1.75. The van der Waals surface area contributed by atoms with Crippen LogP contribution < -0.4 is 14.9 Å². The molecule has 37 heavy (non-hydrogen) atoms. The average molecular weight is 512 g/mol. The van der Waals surface area contributed by atoms with Gasteiger partial charge in [-0.25, -0.2) is 0 Å². The number of hydrogen-bond donors (Lipinski definition) is 0. The summed E-state index contributed by atoms with van der Waals surface area (Å²) in [6, 6.07) is 36.7. The van der Waals surface area contributed by atoms with Crippen LogP contribution >= 0.6 is 8.58 Å². The third kappa shape index (κ3) is 6.80. The van der Waals surface area contributed by atoms with Crippen molar-refractivity contribution in [2.45, 2.75) is 45.4 Å². The lowest BCUT2D eigenvalue weighted by Gasteiger charge is -2.35. The first-order valence-corrected chi connectivity index (χ1v) is 14.0. The molecule has 0 N–H and O–H groups in total. The maximum atomic E-state index is 6.01. The van der Waals surface area contributed by atoms with Crippen LogP contribution in [0.25, 0.3) is 0 Å². The number of nitrogens with zero attached hydrogens (tertiary/aromatic N) is 1. The molecule has 2 atom stereocenters. The van der Waals surface area contributed by atoms with Gasteiger partial charge in [-0.2, -0.15) is 0 Å². The number of rotatable bonds is 12. The highest BCUT2D eigenvalue weighted by molar-refractivity contribution is 7.49. The number of benzene rings is 4. The summed E-state index contributed by atoms with van der Waals surface area (Å²) in [5, 5.41) is 1.34. The number of para-hydroxylation sites is 1. The predicted molar refractivity (Wildman–Crippen MR) is 158 cm³/mol. The second kappa shape index (κ2) is 12.9. The molecule has 0 saturated heterocycles. The molecule has 0 aliphatic carbocycles. The Morgan fingerprint density at radius 2 is 1.35 bits per heavy atom. The molecule has 0 spiro atoms. The van der Waals surface area contributed by atoms with Crippen molar-refractivity contribution in [3.05, 3.63) is 125 Å². The van der Waals surface area contributed by atoms with Crippen molar-refractivity contribution in [1.82, 2.24) is 0 Å². The van der Waals surface area contributed by atoms with Crippen LogP contribution in [0.15, 0.2) is 103 Å². The molecule has 0 aliphatic rings. The van der Waals surface area contributed by atoms with E-state index in [4.69, 9.17) is 9.47 Å². The van der Waals surface area contributed by atoms with E-state index < -0.39 is 0 Å². The molecule has 4 heteroatoms. The standard InChI is InChI=1S/C33H38NO2P/c1-5-33(3,29-20-12-13-22-31(29)36-25-35-4)37-32-26(2)15-14-21-30(32)34(23-27-16-8-6-9-17-27)24-28-18-10-7-11-19-28/h6-22,37H,5,23-25H2,1-4H3. The van der Waals surface area contributed by atoms with E-state index >= 15 is 0 Å². The van der Waals surface area contributed by atoms with Crippen LogP contribution in [-0.4, -0.2) is 13.9 Å². The van der Waals surface area contributed by atoms with Gasteiger partial charge in [-0.3, -0.25) is 0 Å². The molecule has 0 amide bonds. The number of anilines is 1. The summed E-state index contributed by atoms with van der Waals surface area (Å²) in [6.07, 6.45) is 1.00. The van der Waals surface area contributed by atoms with Gasteiger partial charge in [-0.15, -0.1) is 0 Å². The molecular formula is C33H38NO2P. The van der Waals surface area contributed by atoms with Gasteiger partial charge >= 0.3 is 0 Å². The Labute approximate surface area is 224 Å². The summed E-state index contributed by atoms with van der Waals surface area (Å²) < 4.78 is 11.2. The summed E-state index contributed by atoms with van der Waals surface area (Å²) >= 11 is 0. The Morgan fingerprint density at radius 1 is 0.757 bits per heavy atom. The van der Waals surface area contributed by atoms with E-state index in [1.807, 2.05) is 6.07 Å². The molecule has 3 nitrogen and oxygen atoms in total. The van der Waals surface area contributed by atoms with E-state index in [1.54, 1.807) is 7.11 Å². The van der Waals surface area contributed by atoms with Crippen molar-refractivity contribution < 1.29 is 9.47 Å². The predicted octanol–water partition coefficient (Wildman–Crippen LogP) is 7.81. The Kier molecular flexibility index (Phi) is 9.39. The molecule has 192 valence electrons. The van der Waals surface area contributed by atoms with Gasteiger partial charge in [-0.05, 0) is 47.5 Å². The fourth-order valence-electron chi connectivity index (χ4n) is 4.71. The van der Waals surface area contributed by atoms with Crippen LogP contribution in [0.3, 0.4) is 0 Å². The smallest absolute Gasteiger partial charge is 0.188 e. The van der Waals surface area contributed by atoms with Gasteiger partial charge in [0.25, 0.3) is 0 Å². The SMILES string of the molecule is CCC(C)(Pc1c(C)cccc1N(Cc1ccccc1)Cc1ccccc1)c1ccccc1OCOC. The van der Waals surface area contributed by atoms with Crippen molar-refractivity contribution in [3.63, 3.8) is 0 Å². The number of methoxy groups -OCH3 is 1. The van der Waals surface area contributed by atoms with Gasteiger partial charge in [-0.1, -0.05) is 113 Å². The van der Waals surface area contributed by atoms with E-state index in [0.29, 0.717) is 8.58 Å². The van der Waals surface area contributed by atoms with Crippen molar-refractivity contribution in [1.29, 1.82) is 0 Å². The van der Waals surface area contributed by atoms with Crippen molar-refractivity contribution in [2.24, 2.45) is 0 Å². The zero-order valence-electron chi connectivity index (χ0n) is 22.4. The highest BCUT2D eigenvalue weighted by Crippen LogP contribution is 2.49. The normalized spacial score (nSPS) is 13.0. The molecule has 0 aromatic heterocycles. The molecule has 4 aromatic carbocycles. The largest absolute Gasteiger partial charge is 0.467 e. The summed E-state index contributed by atoms with van der Waals surface area (Å²) in [4.78, 5) is 2.53. The van der Waals surface area contributed by atoms with Gasteiger partial charge in [0.05, 0.1) is 0 Å². The van der Waals surface area contributed by atoms with Gasteiger partial charge < -0.3 is 14.4 Å². The van der Waals surface area contributed by atoms with Crippen LogP contribution in [0.5, 0.6) is 5.75 Å². The van der Waals surface area contributed by atoms with Gasteiger partial charge in [0.15, 0.2) is 6.79 Å². The average Bonchev–Trinajstić information content (AvgIpc) is 2.94. The van der Waals surface area contributed by atoms with Crippen molar-refractivity contribution in [2.75, 3.05) is 18.8 Å². The third-order valence-corrected chi connectivity index (χ3v) is 9.02. The van der Waals surface area contributed by atoms with Crippen LogP contribution in [0.2, 0.25) is 0 Å². The minimum atomic E-state index is -0.0731. The fourth-order valence-corrected chi connectivity index (χ4v) is 6.42. The molecule has 0 radical (unpaired) electrons. The fraction of sp³-hybridized carbons (Fsp3) is 0.273. The van der Waals surface area contributed by atoms with Crippen molar-refractivity contribution >= 4 is 19.6 Å². The maximum absolute atomic E-state index is 6.01. The summed E-state index contributed by atoms with van der Waals surface area (Å²) in [5.74, 6) is 0.904. The van der Waals surface area contributed by atoms with Gasteiger partial charge in [0.2, 0.25) is 0 Å². The van der Waals surface area contributed by atoms with Gasteiger partial charge in [0, 0.05) is 36.6 Å². The first kappa shape index (κ1) is 26.9. The lowest BCUT2D eigenvalue weighted by Crippen LogP contribution is -2.29. The zero-order chi connectivity index (χ0) is 26.1. The van der Waals surface area contributed by atoms with Crippen LogP contribution in [0.4, 0.5) is 5.69 Å². The molecule has 2 unspecified atom stereocenters. The topological polar surface area (TPSA) is 21.7 Å². The van der Waals surface area contributed by atoms with E-state index in [-0.39, 0.29) is 11.9 Å². The van der Waals surface area contributed by atoms with E-state index in [9.17, 15) is 0 Å². The minimum absolute atomic E-state index is 0.0731. The van der Waals surface area contributed by atoms with Crippen LogP contribution in [0.1, 0.15) is 42.5 Å². The number of aryl methyl sites for hydroxylation is 1. The zero-order valence-corrected chi connectivity index (χ0v) is 23.4. The van der Waals surface area contributed by atoms with E-state index in [2.05, 4.69) is 123 Å². The van der Waals surface area contributed by atoms with Crippen LogP contribution in [-0.2, 0) is 23.0 Å². The Hall–Kier alpha value is -3.13. The minimum Gasteiger partial charge on any atom is -0.467 e. The molecule has 0 saturated carbocycles. The second-order valence-electron chi connectivity index (χ2n) is 9.65. The molecule has 0 bridgehead atoms. The van der Waals surface area contributed by atoms with E-state index in [1.165, 1.54) is 33.2 Å². The summed E-state index contributed by atoms with van der Waals surface area (Å²) in [5.41, 5.74) is 6.49. The molecule has 0 aliphatic heterocycles. The highest BCUT2D eigenvalue weighted by atomic mass is 31.1. The molecule has 0 heterocycles.